The second kappa shape index (κ2) is 5.79. The Labute approximate surface area is 116 Å². The van der Waals surface area contributed by atoms with E-state index in [9.17, 15) is 8.42 Å². The molecule has 0 atom stereocenters. The van der Waals surface area contributed by atoms with Gasteiger partial charge in [0.15, 0.2) is 0 Å². The smallest absolute Gasteiger partial charge is 0.211 e. The van der Waals surface area contributed by atoms with E-state index in [0.717, 1.165) is 11.3 Å². The summed E-state index contributed by atoms with van der Waals surface area (Å²) in [6, 6.07) is 5.46. The molecule has 5 nitrogen and oxygen atoms in total. The van der Waals surface area contributed by atoms with Crippen molar-refractivity contribution in [2.45, 2.75) is 26.4 Å². The maximum Gasteiger partial charge on any atom is 0.211 e. The van der Waals surface area contributed by atoms with Crippen LogP contribution in [0.25, 0.3) is 0 Å². The molecule has 0 saturated carbocycles. The first kappa shape index (κ1) is 15.8. The normalized spacial score (nSPS) is 12.2. The summed E-state index contributed by atoms with van der Waals surface area (Å²) >= 11 is 0. The lowest BCUT2D eigenvalue weighted by molar-refractivity contribution is 0.351. The SMILES string of the molecule is CC(C)N(Cc1cc(N)ccc1N(C)C)S(C)(=O)=O. The summed E-state index contributed by atoms with van der Waals surface area (Å²) in [6.45, 7) is 4.06. The van der Waals surface area contributed by atoms with Crippen molar-refractivity contribution in [1.82, 2.24) is 4.31 Å². The standard InChI is InChI=1S/C13H23N3O2S/c1-10(2)16(19(5,17)18)9-11-8-12(14)6-7-13(11)15(3)4/h6-8,10H,9,14H2,1-5H3. The Morgan fingerprint density at radius 1 is 1.26 bits per heavy atom. The Morgan fingerprint density at radius 3 is 2.26 bits per heavy atom. The average Bonchev–Trinajstić information content (AvgIpc) is 2.23. The largest absolute Gasteiger partial charge is 0.399 e. The molecule has 0 aliphatic carbocycles. The van der Waals surface area contributed by atoms with Crippen LogP contribution in [0.2, 0.25) is 0 Å². The molecule has 1 aromatic rings. The fourth-order valence-electron chi connectivity index (χ4n) is 2.02. The van der Waals surface area contributed by atoms with Gasteiger partial charge >= 0.3 is 0 Å². The van der Waals surface area contributed by atoms with Gasteiger partial charge in [0, 0.05) is 38.1 Å². The highest BCUT2D eigenvalue weighted by molar-refractivity contribution is 7.88. The molecule has 0 spiro atoms. The number of hydrogen-bond donors (Lipinski definition) is 1. The van der Waals surface area contributed by atoms with E-state index in [1.165, 1.54) is 10.6 Å². The van der Waals surface area contributed by atoms with Crippen molar-refractivity contribution < 1.29 is 8.42 Å². The van der Waals surface area contributed by atoms with Gasteiger partial charge in [0.2, 0.25) is 10.0 Å². The zero-order chi connectivity index (χ0) is 14.8. The topological polar surface area (TPSA) is 66.6 Å². The lowest BCUT2D eigenvalue weighted by atomic mass is 10.1. The van der Waals surface area contributed by atoms with Crippen LogP contribution in [-0.4, -0.2) is 39.1 Å². The predicted molar refractivity (Wildman–Crippen MR) is 80.7 cm³/mol. The molecular weight excluding hydrogens is 262 g/mol. The van der Waals surface area contributed by atoms with E-state index in [1.807, 2.05) is 51.0 Å². The first-order valence-electron chi connectivity index (χ1n) is 6.15. The minimum Gasteiger partial charge on any atom is -0.399 e. The van der Waals surface area contributed by atoms with Crippen LogP contribution in [0.15, 0.2) is 18.2 Å². The first-order valence-corrected chi connectivity index (χ1v) is 8.00. The van der Waals surface area contributed by atoms with E-state index >= 15 is 0 Å². The molecule has 6 heteroatoms. The fraction of sp³-hybridized carbons (Fsp3) is 0.538. The van der Waals surface area contributed by atoms with Crippen molar-refractivity contribution in [1.29, 1.82) is 0 Å². The van der Waals surface area contributed by atoms with E-state index in [1.54, 1.807) is 0 Å². The van der Waals surface area contributed by atoms with Crippen LogP contribution in [0.4, 0.5) is 11.4 Å². The van der Waals surface area contributed by atoms with Crippen molar-refractivity contribution in [2.24, 2.45) is 0 Å². The van der Waals surface area contributed by atoms with Crippen molar-refractivity contribution in [3.05, 3.63) is 23.8 Å². The van der Waals surface area contributed by atoms with Gasteiger partial charge in [0.05, 0.1) is 6.26 Å². The molecular formula is C13H23N3O2S. The van der Waals surface area contributed by atoms with Crippen molar-refractivity contribution >= 4 is 21.4 Å². The predicted octanol–water partition coefficient (Wildman–Crippen LogP) is 1.50. The summed E-state index contributed by atoms with van der Waals surface area (Å²) in [5.74, 6) is 0. The van der Waals surface area contributed by atoms with Crippen molar-refractivity contribution in [2.75, 3.05) is 31.0 Å². The number of nitrogen functional groups attached to an aromatic ring is 1. The highest BCUT2D eigenvalue weighted by Gasteiger charge is 2.22. The van der Waals surface area contributed by atoms with Crippen LogP contribution in [0, 0.1) is 0 Å². The molecule has 1 aromatic carbocycles. The molecule has 0 heterocycles. The van der Waals surface area contributed by atoms with E-state index in [4.69, 9.17) is 5.73 Å². The minimum absolute atomic E-state index is 0.0913. The van der Waals surface area contributed by atoms with Gasteiger partial charge in [-0.3, -0.25) is 0 Å². The fourth-order valence-corrected chi connectivity index (χ4v) is 3.16. The van der Waals surface area contributed by atoms with Crippen molar-refractivity contribution in [3.63, 3.8) is 0 Å². The van der Waals surface area contributed by atoms with Gasteiger partial charge in [-0.25, -0.2) is 8.42 Å². The van der Waals surface area contributed by atoms with Gasteiger partial charge < -0.3 is 10.6 Å². The van der Waals surface area contributed by atoms with Gasteiger partial charge in [-0.05, 0) is 37.6 Å². The summed E-state index contributed by atoms with van der Waals surface area (Å²) in [5, 5.41) is 0. The lowest BCUT2D eigenvalue weighted by Gasteiger charge is -2.26. The second-order valence-electron chi connectivity index (χ2n) is 5.18. The van der Waals surface area contributed by atoms with Crippen LogP contribution in [0.1, 0.15) is 19.4 Å². The summed E-state index contributed by atoms with van der Waals surface area (Å²) in [5.41, 5.74) is 8.32. The zero-order valence-electron chi connectivity index (χ0n) is 12.2. The molecule has 0 radical (unpaired) electrons. The molecule has 0 amide bonds. The molecule has 108 valence electrons. The van der Waals surface area contributed by atoms with Crippen molar-refractivity contribution in [3.8, 4) is 0 Å². The minimum atomic E-state index is -3.24. The number of anilines is 2. The number of rotatable bonds is 5. The molecule has 0 fully saturated rings. The summed E-state index contributed by atoms with van der Waals surface area (Å²) in [6.07, 6.45) is 1.23. The third-order valence-corrected chi connectivity index (χ3v) is 4.32. The zero-order valence-corrected chi connectivity index (χ0v) is 13.0. The molecule has 0 aliphatic rings. The average molecular weight is 285 g/mol. The number of hydrogen-bond acceptors (Lipinski definition) is 4. The van der Waals surface area contributed by atoms with Crippen LogP contribution in [-0.2, 0) is 16.6 Å². The Bertz CT molecular complexity index is 539. The van der Waals surface area contributed by atoms with E-state index in [2.05, 4.69) is 0 Å². The summed E-state index contributed by atoms with van der Waals surface area (Å²) in [7, 11) is 0.608. The third kappa shape index (κ3) is 4.11. The maximum absolute atomic E-state index is 11.8. The lowest BCUT2D eigenvalue weighted by Crippen LogP contribution is -2.35. The van der Waals surface area contributed by atoms with E-state index < -0.39 is 10.0 Å². The van der Waals surface area contributed by atoms with Gasteiger partial charge in [0.25, 0.3) is 0 Å². The third-order valence-electron chi connectivity index (χ3n) is 2.91. The quantitative estimate of drug-likeness (QED) is 0.833. The molecule has 1 rings (SSSR count). The molecule has 2 N–H and O–H groups in total. The van der Waals surface area contributed by atoms with Crippen LogP contribution < -0.4 is 10.6 Å². The van der Waals surface area contributed by atoms with Crippen LogP contribution in [0.5, 0.6) is 0 Å². The molecule has 19 heavy (non-hydrogen) atoms. The summed E-state index contributed by atoms with van der Waals surface area (Å²) < 4.78 is 25.1. The number of nitrogens with two attached hydrogens (primary N) is 1. The molecule has 0 aliphatic heterocycles. The Hall–Kier alpha value is -1.27. The highest BCUT2D eigenvalue weighted by atomic mass is 32.2. The van der Waals surface area contributed by atoms with E-state index in [0.29, 0.717) is 12.2 Å². The first-order chi connectivity index (χ1) is 8.62. The molecule has 0 unspecified atom stereocenters. The van der Waals surface area contributed by atoms with Gasteiger partial charge in [-0.1, -0.05) is 0 Å². The summed E-state index contributed by atoms with van der Waals surface area (Å²) in [4.78, 5) is 1.95. The number of benzene rings is 1. The van der Waals surface area contributed by atoms with Crippen LogP contribution in [0.3, 0.4) is 0 Å². The Morgan fingerprint density at radius 2 is 1.84 bits per heavy atom. The molecule has 0 bridgehead atoms. The molecule has 0 aromatic heterocycles. The van der Waals surface area contributed by atoms with Gasteiger partial charge in [-0.2, -0.15) is 4.31 Å². The Kier molecular flexibility index (Phi) is 4.81. The number of nitrogens with zero attached hydrogens (tertiary/aromatic N) is 2. The molecule has 0 saturated heterocycles. The monoisotopic (exact) mass is 285 g/mol. The van der Waals surface area contributed by atoms with E-state index in [-0.39, 0.29) is 6.04 Å². The second-order valence-corrected chi connectivity index (χ2v) is 7.12. The number of sulfonamides is 1. The Balaban J connectivity index is 3.19. The van der Waals surface area contributed by atoms with Crippen LogP contribution >= 0.6 is 0 Å². The van der Waals surface area contributed by atoms with Gasteiger partial charge in [0.1, 0.15) is 0 Å². The maximum atomic E-state index is 11.8. The van der Waals surface area contributed by atoms with Gasteiger partial charge in [-0.15, -0.1) is 0 Å². The highest BCUT2D eigenvalue weighted by Crippen LogP contribution is 2.24.